The van der Waals surface area contributed by atoms with Gasteiger partial charge in [-0.1, -0.05) is 6.07 Å². The zero-order valence-corrected chi connectivity index (χ0v) is 17.6. The highest BCUT2D eigenvalue weighted by Gasteiger charge is 2.36. The number of amidine groups is 1. The Morgan fingerprint density at radius 1 is 1.23 bits per heavy atom. The number of rotatable bonds is 6. The van der Waals surface area contributed by atoms with Crippen LogP contribution in [-0.2, 0) is 10.0 Å². The molecule has 1 unspecified atom stereocenters. The Hall–Kier alpha value is -3.11. The maximum atomic E-state index is 12.3. The van der Waals surface area contributed by atoms with E-state index in [0.717, 1.165) is 52.3 Å². The lowest BCUT2D eigenvalue weighted by Crippen LogP contribution is -3.10. The van der Waals surface area contributed by atoms with E-state index in [-0.39, 0.29) is 5.25 Å². The molecule has 2 aromatic rings. The quantitative estimate of drug-likeness (QED) is 0.560. The average Bonchev–Trinajstić information content (AvgIpc) is 3.39. The first-order valence-corrected chi connectivity index (χ1v) is 11.4. The van der Waals surface area contributed by atoms with E-state index in [1.165, 1.54) is 0 Å². The molecule has 9 nitrogen and oxygen atoms in total. The smallest absolute Gasteiger partial charge is 0.235 e. The van der Waals surface area contributed by atoms with E-state index in [2.05, 4.69) is 36.3 Å². The van der Waals surface area contributed by atoms with Crippen molar-refractivity contribution in [3.63, 3.8) is 0 Å². The maximum absolute atomic E-state index is 12.3. The van der Waals surface area contributed by atoms with Gasteiger partial charge in [0.1, 0.15) is 12.7 Å². The van der Waals surface area contributed by atoms with Crippen LogP contribution in [0.3, 0.4) is 0 Å². The third kappa shape index (κ3) is 3.71. The van der Waals surface area contributed by atoms with Crippen molar-refractivity contribution < 1.29 is 13.3 Å². The van der Waals surface area contributed by atoms with Gasteiger partial charge in [-0.25, -0.2) is 13.3 Å². The fourth-order valence-electron chi connectivity index (χ4n) is 3.64. The molecule has 10 heteroatoms. The number of quaternary nitrogens is 1. The molecule has 1 aromatic heterocycles. The predicted octanol–water partition coefficient (Wildman–Crippen LogP) is 1.51. The van der Waals surface area contributed by atoms with Gasteiger partial charge in [-0.15, -0.1) is 0 Å². The van der Waals surface area contributed by atoms with Crippen molar-refractivity contribution in [1.29, 1.82) is 0 Å². The fourth-order valence-corrected chi connectivity index (χ4v) is 5.02. The standard InChI is InChI=1S/C20H23N7O2S/c1-13-8-18(24-23-13)22-20-12-26(11-19-21-14(2)10-27(19)20)16-5-3-4-15(9-16)25-30(28,29)17-6-7-17/h3-5,8-10,12,17,25H,6-7,11H2,1-2H3,(H2,22,23,24)/p+1. The van der Waals surface area contributed by atoms with Crippen LogP contribution in [0.5, 0.6) is 0 Å². The monoisotopic (exact) mass is 426 g/mol. The van der Waals surface area contributed by atoms with Crippen LogP contribution in [0.4, 0.5) is 17.2 Å². The molecule has 5 rings (SSSR count). The summed E-state index contributed by atoms with van der Waals surface area (Å²) in [7, 11) is -3.30. The first-order valence-electron chi connectivity index (χ1n) is 9.90. The molecule has 0 saturated heterocycles. The van der Waals surface area contributed by atoms with Crippen molar-refractivity contribution in [3.8, 4) is 0 Å². The molecule has 1 fully saturated rings. The lowest BCUT2D eigenvalue weighted by molar-refractivity contribution is -0.698. The molecule has 2 aliphatic heterocycles. The van der Waals surface area contributed by atoms with E-state index in [1.54, 1.807) is 6.07 Å². The Balaban J connectivity index is 1.45. The van der Waals surface area contributed by atoms with E-state index in [4.69, 9.17) is 0 Å². The molecule has 0 spiro atoms. The van der Waals surface area contributed by atoms with Gasteiger partial charge in [-0.2, -0.15) is 10.1 Å². The minimum absolute atomic E-state index is 0.261. The van der Waals surface area contributed by atoms with Gasteiger partial charge >= 0.3 is 0 Å². The fraction of sp³-hybridized carbons (Fsp3) is 0.300. The molecule has 0 radical (unpaired) electrons. The third-order valence-electron chi connectivity index (χ3n) is 5.24. The topological polar surface area (TPSA) is 107 Å². The summed E-state index contributed by atoms with van der Waals surface area (Å²) in [5.41, 5.74) is 3.38. The third-order valence-corrected chi connectivity index (χ3v) is 7.11. The second kappa shape index (κ2) is 6.99. The molecule has 156 valence electrons. The summed E-state index contributed by atoms with van der Waals surface area (Å²) in [5.74, 6) is 2.59. The van der Waals surface area contributed by atoms with Crippen LogP contribution in [0.1, 0.15) is 25.5 Å². The van der Waals surface area contributed by atoms with Crippen LogP contribution < -0.4 is 19.8 Å². The number of allylic oxidation sites excluding steroid dienone is 1. The molecule has 0 amide bonds. The number of aromatic amines is 1. The highest BCUT2D eigenvalue weighted by Crippen LogP contribution is 2.30. The van der Waals surface area contributed by atoms with Crippen molar-refractivity contribution >= 4 is 33.1 Å². The van der Waals surface area contributed by atoms with Crippen molar-refractivity contribution in [1.82, 2.24) is 10.2 Å². The average molecular weight is 427 g/mol. The molecule has 1 atom stereocenters. The van der Waals surface area contributed by atoms with Crippen molar-refractivity contribution in [3.05, 3.63) is 59.9 Å². The second-order valence-electron chi connectivity index (χ2n) is 7.89. The van der Waals surface area contributed by atoms with Gasteiger partial charge in [0, 0.05) is 17.4 Å². The Morgan fingerprint density at radius 2 is 2.07 bits per heavy atom. The molecular weight excluding hydrogens is 402 g/mol. The number of aliphatic imine (C=N–C) groups is 1. The maximum Gasteiger partial charge on any atom is 0.235 e. The van der Waals surface area contributed by atoms with Gasteiger partial charge in [-0.05, 0) is 44.9 Å². The number of aromatic nitrogens is 2. The summed E-state index contributed by atoms with van der Waals surface area (Å²) in [4.78, 5) is 7.79. The molecule has 0 bridgehead atoms. The van der Waals surface area contributed by atoms with Gasteiger partial charge in [0.15, 0.2) is 5.82 Å². The zero-order chi connectivity index (χ0) is 20.9. The summed E-state index contributed by atoms with van der Waals surface area (Å²) in [6.07, 6.45) is 5.54. The Kier molecular flexibility index (Phi) is 4.40. The summed E-state index contributed by atoms with van der Waals surface area (Å²) in [5, 5.41) is 10.3. The Labute approximate surface area is 175 Å². The number of sulfonamides is 1. The number of hydrogen-bond donors (Lipinski definition) is 4. The number of nitrogens with one attached hydrogen (secondary N) is 4. The van der Waals surface area contributed by atoms with E-state index in [0.29, 0.717) is 12.2 Å². The van der Waals surface area contributed by atoms with Crippen LogP contribution >= 0.6 is 0 Å². The SMILES string of the molecule is CC1=C[NH+]2C(Nc3cc(C)[nH]n3)=CN(c3cccc(NS(=O)(=O)C4CC4)c3)CC2=N1. The van der Waals surface area contributed by atoms with Crippen LogP contribution in [-0.4, -0.2) is 36.2 Å². The summed E-state index contributed by atoms with van der Waals surface area (Å²) >= 11 is 0. The van der Waals surface area contributed by atoms with E-state index >= 15 is 0 Å². The normalized spacial score (nSPS) is 20.9. The van der Waals surface area contributed by atoms with Crippen molar-refractivity contribution in [2.24, 2.45) is 4.99 Å². The van der Waals surface area contributed by atoms with E-state index in [9.17, 15) is 8.42 Å². The van der Waals surface area contributed by atoms with Gasteiger partial charge in [0.25, 0.3) is 0 Å². The van der Waals surface area contributed by atoms with Gasteiger partial charge in [0.05, 0.1) is 22.8 Å². The molecular formula is C20H24N7O2S+. The number of aryl methyl sites for hydroxylation is 1. The highest BCUT2D eigenvalue weighted by molar-refractivity contribution is 7.93. The van der Waals surface area contributed by atoms with Gasteiger partial charge < -0.3 is 4.90 Å². The number of anilines is 3. The van der Waals surface area contributed by atoms with E-state index < -0.39 is 10.0 Å². The number of nitrogens with zero attached hydrogens (tertiary/aromatic N) is 3. The molecule has 1 aromatic carbocycles. The first-order chi connectivity index (χ1) is 14.4. The lowest BCUT2D eigenvalue weighted by Gasteiger charge is -2.29. The molecule has 3 heterocycles. The van der Waals surface area contributed by atoms with Crippen LogP contribution in [0.25, 0.3) is 0 Å². The van der Waals surface area contributed by atoms with Crippen molar-refractivity contribution in [2.45, 2.75) is 31.9 Å². The highest BCUT2D eigenvalue weighted by atomic mass is 32.2. The molecule has 3 aliphatic rings. The summed E-state index contributed by atoms with van der Waals surface area (Å²) in [6.45, 7) is 4.53. The lowest BCUT2D eigenvalue weighted by atomic mass is 10.2. The largest absolute Gasteiger partial charge is 0.329 e. The van der Waals surface area contributed by atoms with Crippen molar-refractivity contribution in [2.75, 3.05) is 21.5 Å². The van der Waals surface area contributed by atoms with Crippen LogP contribution in [0.2, 0.25) is 0 Å². The van der Waals surface area contributed by atoms with Crippen LogP contribution in [0.15, 0.2) is 59.2 Å². The molecule has 30 heavy (non-hydrogen) atoms. The number of fused-ring (bicyclic) bond motifs is 1. The number of benzene rings is 1. The van der Waals surface area contributed by atoms with Crippen LogP contribution in [0, 0.1) is 6.92 Å². The zero-order valence-electron chi connectivity index (χ0n) is 16.8. The second-order valence-corrected chi connectivity index (χ2v) is 9.85. The van der Waals surface area contributed by atoms with E-state index in [1.807, 2.05) is 44.3 Å². The summed E-state index contributed by atoms with van der Waals surface area (Å²) < 4.78 is 27.3. The molecule has 1 aliphatic carbocycles. The molecule has 4 N–H and O–H groups in total. The molecule has 1 saturated carbocycles. The number of hydrogen-bond acceptors (Lipinski definition) is 6. The Bertz CT molecular complexity index is 1190. The minimum atomic E-state index is -3.30. The van der Waals surface area contributed by atoms with Gasteiger partial charge in [-0.3, -0.25) is 15.1 Å². The minimum Gasteiger partial charge on any atom is -0.329 e. The van der Waals surface area contributed by atoms with Gasteiger partial charge in [0.2, 0.25) is 21.7 Å². The first kappa shape index (κ1) is 18.9. The predicted molar refractivity (Wildman–Crippen MR) is 117 cm³/mol. The number of H-pyrrole nitrogens is 1. The Morgan fingerprint density at radius 3 is 2.80 bits per heavy atom. The summed E-state index contributed by atoms with van der Waals surface area (Å²) in [6, 6.07) is 9.39.